The lowest BCUT2D eigenvalue weighted by Crippen LogP contribution is -2.23. The molecule has 0 radical (unpaired) electrons. The molecular weight excluding hydrogens is 240 g/mol. The SMILES string of the molecule is CC(=O)CCC(=O)NCc1cccc2cccnc12. The highest BCUT2D eigenvalue weighted by molar-refractivity contribution is 5.84. The Kier molecular flexibility index (Phi) is 4.23. The Labute approximate surface area is 111 Å². The summed E-state index contributed by atoms with van der Waals surface area (Å²) in [6.07, 6.45) is 2.27. The zero-order chi connectivity index (χ0) is 13.7. The Balaban J connectivity index is 2.02. The fourth-order valence-corrected chi connectivity index (χ4v) is 1.88. The predicted molar refractivity (Wildman–Crippen MR) is 73.5 cm³/mol. The highest BCUT2D eigenvalue weighted by Gasteiger charge is 2.05. The maximum atomic E-state index is 11.6. The lowest BCUT2D eigenvalue weighted by atomic mass is 10.1. The maximum absolute atomic E-state index is 11.6. The molecule has 0 saturated heterocycles. The first-order valence-electron chi connectivity index (χ1n) is 6.25. The molecule has 0 aliphatic carbocycles. The van der Waals surface area contributed by atoms with Crippen LogP contribution in [-0.2, 0) is 16.1 Å². The number of nitrogens with one attached hydrogen (secondary N) is 1. The second kappa shape index (κ2) is 6.09. The Morgan fingerprint density at radius 1 is 1.16 bits per heavy atom. The maximum Gasteiger partial charge on any atom is 0.220 e. The van der Waals surface area contributed by atoms with Crippen LogP contribution >= 0.6 is 0 Å². The van der Waals surface area contributed by atoms with E-state index in [1.54, 1.807) is 6.20 Å². The molecule has 0 aliphatic heterocycles. The average Bonchev–Trinajstić information content (AvgIpc) is 2.42. The molecule has 98 valence electrons. The minimum absolute atomic E-state index is 0.0296. The van der Waals surface area contributed by atoms with Gasteiger partial charge in [0.15, 0.2) is 0 Å². The molecule has 2 rings (SSSR count). The molecule has 4 heteroatoms. The van der Waals surface area contributed by atoms with Crippen molar-refractivity contribution in [2.45, 2.75) is 26.3 Å². The van der Waals surface area contributed by atoms with Crippen molar-refractivity contribution in [3.63, 3.8) is 0 Å². The lowest BCUT2D eigenvalue weighted by molar-refractivity contribution is -0.124. The van der Waals surface area contributed by atoms with E-state index in [0.717, 1.165) is 16.5 Å². The number of rotatable bonds is 5. The molecule has 0 aliphatic rings. The van der Waals surface area contributed by atoms with Gasteiger partial charge in [0, 0.05) is 31.0 Å². The number of pyridine rings is 1. The van der Waals surface area contributed by atoms with Crippen LogP contribution < -0.4 is 5.32 Å². The van der Waals surface area contributed by atoms with Crippen LogP contribution in [0.15, 0.2) is 36.5 Å². The van der Waals surface area contributed by atoms with Crippen molar-refractivity contribution in [1.29, 1.82) is 0 Å². The van der Waals surface area contributed by atoms with E-state index in [1.165, 1.54) is 6.92 Å². The second-order valence-electron chi connectivity index (χ2n) is 4.47. The van der Waals surface area contributed by atoms with Crippen LogP contribution in [0.3, 0.4) is 0 Å². The number of hydrogen-bond donors (Lipinski definition) is 1. The lowest BCUT2D eigenvalue weighted by Gasteiger charge is -2.07. The second-order valence-corrected chi connectivity index (χ2v) is 4.47. The Morgan fingerprint density at radius 3 is 2.74 bits per heavy atom. The van der Waals surface area contributed by atoms with Crippen molar-refractivity contribution in [2.75, 3.05) is 0 Å². The number of Topliss-reactive ketones (excluding diaryl/α,β-unsaturated/α-hetero) is 1. The van der Waals surface area contributed by atoms with Crippen LogP contribution in [0.25, 0.3) is 10.9 Å². The number of fused-ring (bicyclic) bond motifs is 1. The van der Waals surface area contributed by atoms with Gasteiger partial charge in [0.05, 0.1) is 5.52 Å². The summed E-state index contributed by atoms with van der Waals surface area (Å²) in [5.74, 6) is -0.0786. The van der Waals surface area contributed by atoms with E-state index in [1.807, 2.05) is 30.3 Å². The molecule has 19 heavy (non-hydrogen) atoms. The summed E-state index contributed by atoms with van der Waals surface area (Å²) in [5, 5.41) is 3.87. The largest absolute Gasteiger partial charge is 0.352 e. The van der Waals surface area contributed by atoms with Crippen LogP contribution in [0.5, 0.6) is 0 Å². The number of ketones is 1. The van der Waals surface area contributed by atoms with Gasteiger partial charge in [-0.25, -0.2) is 0 Å². The summed E-state index contributed by atoms with van der Waals surface area (Å²) in [4.78, 5) is 26.7. The Hall–Kier alpha value is -2.23. The van der Waals surface area contributed by atoms with Crippen molar-refractivity contribution in [1.82, 2.24) is 10.3 Å². The first-order chi connectivity index (χ1) is 9.16. The van der Waals surface area contributed by atoms with E-state index in [0.29, 0.717) is 13.0 Å². The van der Waals surface area contributed by atoms with E-state index in [-0.39, 0.29) is 18.1 Å². The molecule has 1 aromatic heterocycles. The third kappa shape index (κ3) is 3.61. The van der Waals surface area contributed by atoms with Crippen molar-refractivity contribution < 1.29 is 9.59 Å². The van der Waals surface area contributed by atoms with Gasteiger partial charge in [-0.15, -0.1) is 0 Å². The van der Waals surface area contributed by atoms with Crippen LogP contribution in [0.1, 0.15) is 25.3 Å². The molecule has 2 aromatic rings. The molecule has 1 N–H and O–H groups in total. The van der Waals surface area contributed by atoms with Crippen molar-refractivity contribution in [3.8, 4) is 0 Å². The number of hydrogen-bond acceptors (Lipinski definition) is 3. The smallest absolute Gasteiger partial charge is 0.220 e. The number of aromatic nitrogens is 1. The van der Waals surface area contributed by atoms with Gasteiger partial charge >= 0.3 is 0 Å². The predicted octanol–water partition coefficient (Wildman–Crippen LogP) is 2.22. The van der Waals surface area contributed by atoms with Gasteiger partial charge in [-0.3, -0.25) is 9.78 Å². The molecule has 1 aromatic carbocycles. The van der Waals surface area contributed by atoms with Crippen LogP contribution in [0.4, 0.5) is 0 Å². The average molecular weight is 256 g/mol. The number of benzene rings is 1. The fraction of sp³-hybridized carbons (Fsp3) is 0.267. The summed E-state index contributed by atoms with van der Waals surface area (Å²) in [5.41, 5.74) is 1.88. The molecule has 0 fully saturated rings. The summed E-state index contributed by atoms with van der Waals surface area (Å²) in [7, 11) is 0. The highest BCUT2D eigenvalue weighted by atomic mass is 16.2. The zero-order valence-corrected chi connectivity index (χ0v) is 10.8. The summed E-state index contributed by atoms with van der Waals surface area (Å²) < 4.78 is 0. The van der Waals surface area contributed by atoms with Gasteiger partial charge in [0.2, 0.25) is 5.91 Å². The normalized spacial score (nSPS) is 10.4. The minimum Gasteiger partial charge on any atom is -0.352 e. The number of carbonyl (C=O) groups excluding carboxylic acids is 2. The molecule has 0 unspecified atom stereocenters. The van der Waals surface area contributed by atoms with Gasteiger partial charge in [-0.05, 0) is 18.6 Å². The van der Waals surface area contributed by atoms with E-state index in [4.69, 9.17) is 0 Å². The summed E-state index contributed by atoms with van der Waals surface area (Å²) >= 11 is 0. The van der Waals surface area contributed by atoms with E-state index in [2.05, 4.69) is 10.3 Å². The van der Waals surface area contributed by atoms with Crippen LogP contribution in [0, 0.1) is 0 Å². The zero-order valence-electron chi connectivity index (χ0n) is 10.8. The summed E-state index contributed by atoms with van der Waals surface area (Å²) in [6, 6.07) is 9.76. The molecule has 4 nitrogen and oxygen atoms in total. The molecule has 0 atom stereocenters. The van der Waals surface area contributed by atoms with Crippen LogP contribution in [0.2, 0.25) is 0 Å². The molecule has 0 bridgehead atoms. The molecule has 1 heterocycles. The van der Waals surface area contributed by atoms with Gasteiger partial charge in [0.1, 0.15) is 5.78 Å². The topological polar surface area (TPSA) is 59.1 Å². The van der Waals surface area contributed by atoms with E-state index < -0.39 is 0 Å². The molecule has 0 saturated carbocycles. The van der Waals surface area contributed by atoms with Gasteiger partial charge in [0.25, 0.3) is 0 Å². The van der Waals surface area contributed by atoms with Gasteiger partial charge in [-0.1, -0.05) is 24.3 Å². The Morgan fingerprint density at radius 2 is 1.95 bits per heavy atom. The minimum atomic E-state index is -0.108. The highest BCUT2D eigenvalue weighted by Crippen LogP contribution is 2.15. The van der Waals surface area contributed by atoms with Crippen molar-refractivity contribution in [2.24, 2.45) is 0 Å². The third-order valence-electron chi connectivity index (χ3n) is 2.90. The number of amides is 1. The summed E-state index contributed by atoms with van der Waals surface area (Å²) in [6.45, 7) is 1.92. The number of carbonyl (C=O) groups is 2. The van der Waals surface area contributed by atoms with Crippen molar-refractivity contribution in [3.05, 3.63) is 42.1 Å². The number of para-hydroxylation sites is 1. The number of nitrogens with zero attached hydrogens (tertiary/aromatic N) is 1. The quantitative estimate of drug-likeness (QED) is 0.892. The van der Waals surface area contributed by atoms with E-state index >= 15 is 0 Å². The van der Waals surface area contributed by atoms with Gasteiger partial charge < -0.3 is 10.1 Å². The van der Waals surface area contributed by atoms with Crippen molar-refractivity contribution >= 4 is 22.6 Å². The molecular formula is C15H16N2O2. The van der Waals surface area contributed by atoms with Crippen LogP contribution in [-0.4, -0.2) is 16.7 Å². The third-order valence-corrected chi connectivity index (χ3v) is 2.90. The molecule has 0 spiro atoms. The van der Waals surface area contributed by atoms with E-state index in [9.17, 15) is 9.59 Å². The first kappa shape index (κ1) is 13.2. The fourth-order valence-electron chi connectivity index (χ4n) is 1.88. The monoisotopic (exact) mass is 256 g/mol. The molecule has 1 amide bonds. The Bertz CT molecular complexity index is 603. The first-order valence-corrected chi connectivity index (χ1v) is 6.25. The standard InChI is InChI=1S/C15H16N2O2/c1-11(18)7-8-14(19)17-10-13-5-2-4-12-6-3-9-16-15(12)13/h2-6,9H,7-8,10H2,1H3,(H,17,19). The van der Waals surface area contributed by atoms with Gasteiger partial charge in [-0.2, -0.15) is 0 Å².